The zero-order valence-electron chi connectivity index (χ0n) is 14.1. The highest BCUT2D eigenvalue weighted by molar-refractivity contribution is 5.17. The molecule has 0 spiro atoms. The molecule has 4 heteroatoms. The highest BCUT2D eigenvalue weighted by Crippen LogP contribution is 2.22. The van der Waals surface area contributed by atoms with E-state index in [1.54, 1.807) is 0 Å². The van der Waals surface area contributed by atoms with Gasteiger partial charge in [-0.2, -0.15) is 0 Å². The molecule has 0 aliphatic carbocycles. The maximum atomic E-state index is 5.67. The van der Waals surface area contributed by atoms with Crippen LogP contribution in [-0.2, 0) is 13.1 Å². The van der Waals surface area contributed by atoms with Crippen molar-refractivity contribution in [1.29, 1.82) is 0 Å². The summed E-state index contributed by atoms with van der Waals surface area (Å²) >= 11 is 0. The molecule has 4 nitrogen and oxygen atoms in total. The van der Waals surface area contributed by atoms with Crippen LogP contribution in [-0.4, -0.2) is 49.6 Å². The third-order valence-corrected chi connectivity index (χ3v) is 4.12. The number of hydrogen-bond acceptors (Lipinski definition) is 4. The van der Waals surface area contributed by atoms with Crippen LogP contribution in [0, 0.1) is 5.92 Å². The highest BCUT2D eigenvalue weighted by atomic mass is 16.3. The Morgan fingerprint density at radius 2 is 2.24 bits per heavy atom. The topological polar surface area (TPSA) is 31.7 Å². The maximum absolute atomic E-state index is 5.67. The molecule has 1 N–H and O–H groups in total. The third kappa shape index (κ3) is 5.13. The standard InChI is InChI=1S/C17H31N3O/c1-14(2)10-18-11-17-15(7-9-21-17)12-20-8-5-6-16(20)13-19(3)4/h7,9,14,16,18H,5-6,8,10-13H2,1-4H3. The van der Waals surface area contributed by atoms with Crippen LogP contribution >= 0.6 is 0 Å². The van der Waals surface area contributed by atoms with E-state index in [4.69, 9.17) is 4.42 Å². The lowest BCUT2D eigenvalue weighted by Crippen LogP contribution is -2.37. The summed E-state index contributed by atoms with van der Waals surface area (Å²) in [5.41, 5.74) is 1.34. The minimum absolute atomic E-state index is 0.673. The van der Waals surface area contributed by atoms with Crippen molar-refractivity contribution in [1.82, 2.24) is 15.1 Å². The summed E-state index contributed by atoms with van der Waals surface area (Å²) in [5.74, 6) is 1.78. The summed E-state index contributed by atoms with van der Waals surface area (Å²) in [7, 11) is 4.32. The van der Waals surface area contributed by atoms with Crippen LogP contribution in [0.5, 0.6) is 0 Å². The van der Waals surface area contributed by atoms with E-state index in [0.29, 0.717) is 12.0 Å². The van der Waals surface area contributed by atoms with Gasteiger partial charge in [0.05, 0.1) is 12.8 Å². The molecule has 1 aromatic heterocycles. The van der Waals surface area contributed by atoms with Crippen LogP contribution in [0.15, 0.2) is 16.7 Å². The fraction of sp³-hybridized carbons (Fsp3) is 0.765. The van der Waals surface area contributed by atoms with Gasteiger partial charge in [0.15, 0.2) is 0 Å². The highest BCUT2D eigenvalue weighted by Gasteiger charge is 2.25. The van der Waals surface area contributed by atoms with E-state index in [9.17, 15) is 0 Å². The average molecular weight is 293 g/mol. The molecule has 1 aliphatic heterocycles. The number of rotatable bonds is 8. The second kappa shape index (κ2) is 7.97. The molecule has 0 saturated carbocycles. The van der Waals surface area contributed by atoms with Gasteiger partial charge in [0.25, 0.3) is 0 Å². The molecule has 21 heavy (non-hydrogen) atoms. The van der Waals surface area contributed by atoms with Crippen LogP contribution in [0.4, 0.5) is 0 Å². The van der Waals surface area contributed by atoms with Gasteiger partial charge in [-0.25, -0.2) is 0 Å². The molecule has 1 aliphatic rings. The molecule has 0 radical (unpaired) electrons. The minimum Gasteiger partial charge on any atom is -0.468 e. The Morgan fingerprint density at radius 1 is 1.43 bits per heavy atom. The number of furan rings is 1. The lowest BCUT2D eigenvalue weighted by atomic mass is 10.1. The van der Waals surface area contributed by atoms with Gasteiger partial charge in [-0.3, -0.25) is 4.90 Å². The quantitative estimate of drug-likeness (QED) is 0.798. The second-order valence-electron chi connectivity index (χ2n) is 6.92. The Morgan fingerprint density at radius 3 is 2.95 bits per heavy atom. The van der Waals surface area contributed by atoms with Gasteiger partial charge >= 0.3 is 0 Å². The Kier molecular flexibility index (Phi) is 6.27. The number of likely N-dealkylation sites (tertiary alicyclic amines) is 1. The monoisotopic (exact) mass is 293 g/mol. The molecule has 2 heterocycles. The van der Waals surface area contributed by atoms with Gasteiger partial charge in [-0.1, -0.05) is 13.8 Å². The fourth-order valence-corrected chi connectivity index (χ4v) is 3.09. The Bertz CT molecular complexity index is 414. The van der Waals surface area contributed by atoms with Crippen molar-refractivity contribution in [2.45, 2.75) is 45.8 Å². The van der Waals surface area contributed by atoms with E-state index in [1.165, 1.54) is 24.9 Å². The molecular weight excluding hydrogens is 262 g/mol. The Labute approximate surface area is 129 Å². The molecule has 1 atom stereocenters. The van der Waals surface area contributed by atoms with Crippen LogP contribution in [0.2, 0.25) is 0 Å². The van der Waals surface area contributed by atoms with Gasteiger partial charge in [0.1, 0.15) is 5.76 Å². The van der Waals surface area contributed by atoms with Gasteiger partial charge in [-0.15, -0.1) is 0 Å². The first-order valence-corrected chi connectivity index (χ1v) is 8.21. The molecule has 2 rings (SSSR count). The first kappa shape index (κ1) is 16.5. The van der Waals surface area contributed by atoms with Gasteiger partial charge in [0.2, 0.25) is 0 Å². The van der Waals surface area contributed by atoms with E-state index in [0.717, 1.165) is 31.9 Å². The van der Waals surface area contributed by atoms with E-state index >= 15 is 0 Å². The number of nitrogens with zero attached hydrogens (tertiary/aromatic N) is 2. The molecule has 1 fully saturated rings. The first-order chi connectivity index (χ1) is 10.1. The lowest BCUT2D eigenvalue weighted by molar-refractivity contribution is 0.200. The Balaban J connectivity index is 1.89. The van der Waals surface area contributed by atoms with Crippen molar-refractivity contribution in [3.05, 3.63) is 23.7 Å². The van der Waals surface area contributed by atoms with Crippen molar-refractivity contribution < 1.29 is 4.42 Å². The zero-order chi connectivity index (χ0) is 15.2. The van der Waals surface area contributed by atoms with Crippen LogP contribution < -0.4 is 5.32 Å². The summed E-state index contributed by atoms with van der Waals surface area (Å²) in [6, 6.07) is 2.82. The third-order valence-electron chi connectivity index (χ3n) is 4.12. The smallest absolute Gasteiger partial charge is 0.122 e. The summed E-state index contributed by atoms with van der Waals surface area (Å²) in [4.78, 5) is 4.90. The van der Waals surface area contributed by atoms with Crippen LogP contribution in [0.25, 0.3) is 0 Å². The van der Waals surface area contributed by atoms with Crippen molar-refractivity contribution in [3.8, 4) is 0 Å². The van der Waals surface area contributed by atoms with E-state index in [-0.39, 0.29) is 0 Å². The Hall–Kier alpha value is -0.840. The molecule has 0 aromatic carbocycles. The van der Waals surface area contributed by atoms with Crippen molar-refractivity contribution in [3.63, 3.8) is 0 Å². The largest absolute Gasteiger partial charge is 0.468 e. The number of likely N-dealkylation sites (N-methyl/N-ethyl adjacent to an activating group) is 1. The summed E-state index contributed by atoms with van der Waals surface area (Å²) < 4.78 is 5.67. The van der Waals surface area contributed by atoms with Gasteiger partial charge in [0, 0.05) is 24.7 Å². The van der Waals surface area contributed by atoms with E-state index in [2.05, 4.69) is 49.1 Å². The minimum atomic E-state index is 0.673. The summed E-state index contributed by atoms with van der Waals surface area (Å²) in [5, 5.41) is 3.48. The predicted octanol–water partition coefficient (Wildman–Crippen LogP) is 2.55. The van der Waals surface area contributed by atoms with Crippen molar-refractivity contribution in [2.24, 2.45) is 5.92 Å². The SMILES string of the molecule is CC(C)CNCc1occc1CN1CCCC1CN(C)C. The molecule has 1 aromatic rings. The molecule has 0 amide bonds. The molecule has 1 unspecified atom stereocenters. The van der Waals surface area contributed by atoms with Crippen LogP contribution in [0.1, 0.15) is 38.0 Å². The van der Waals surface area contributed by atoms with E-state index in [1.807, 2.05) is 6.26 Å². The average Bonchev–Trinajstić information content (AvgIpc) is 3.00. The van der Waals surface area contributed by atoms with Crippen molar-refractivity contribution in [2.75, 3.05) is 33.7 Å². The summed E-state index contributed by atoms with van der Waals surface area (Å²) in [6.45, 7) is 9.72. The molecule has 0 bridgehead atoms. The number of hydrogen-bond donors (Lipinski definition) is 1. The second-order valence-corrected chi connectivity index (χ2v) is 6.92. The fourth-order valence-electron chi connectivity index (χ4n) is 3.09. The molecular formula is C17H31N3O. The lowest BCUT2D eigenvalue weighted by Gasteiger charge is -2.26. The normalized spacial score (nSPS) is 20.0. The molecule has 120 valence electrons. The number of nitrogens with one attached hydrogen (secondary N) is 1. The van der Waals surface area contributed by atoms with Crippen LogP contribution in [0.3, 0.4) is 0 Å². The summed E-state index contributed by atoms with van der Waals surface area (Å²) in [6.07, 6.45) is 4.47. The first-order valence-electron chi connectivity index (χ1n) is 8.21. The van der Waals surface area contributed by atoms with E-state index < -0.39 is 0 Å². The zero-order valence-corrected chi connectivity index (χ0v) is 14.1. The molecule has 1 saturated heterocycles. The predicted molar refractivity (Wildman–Crippen MR) is 87.2 cm³/mol. The van der Waals surface area contributed by atoms with Crippen molar-refractivity contribution >= 4 is 0 Å². The van der Waals surface area contributed by atoms with Gasteiger partial charge in [-0.05, 0) is 52.0 Å². The maximum Gasteiger partial charge on any atom is 0.122 e. The van der Waals surface area contributed by atoms with Gasteiger partial charge < -0.3 is 14.6 Å².